The smallest absolute Gasteiger partial charge is 0.0693 e. The Morgan fingerprint density at radius 1 is 1.15 bits per heavy atom. The summed E-state index contributed by atoms with van der Waals surface area (Å²) in [6.07, 6.45) is 4.45. The van der Waals surface area contributed by atoms with E-state index in [0.717, 1.165) is 12.8 Å². The summed E-state index contributed by atoms with van der Waals surface area (Å²) in [5.41, 5.74) is 0. The summed E-state index contributed by atoms with van der Waals surface area (Å²) in [6.45, 7) is 6.63. The van der Waals surface area contributed by atoms with E-state index in [2.05, 4.69) is 26.1 Å². The van der Waals surface area contributed by atoms with Gasteiger partial charge < -0.3 is 10.4 Å². The third kappa shape index (κ3) is 3.28. The zero-order valence-electron chi connectivity index (χ0n) is 9.09. The zero-order valence-corrected chi connectivity index (χ0v) is 9.09. The summed E-state index contributed by atoms with van der Waals surface area (Å²) in [5, 5.41) is 13.3. The molecule has 1 rings (SSSR count). The number of aliphatic hydroxyl groups excluding tert-OH is 1. The summed E-state index contributed by atoms with van der Waals surface area (Å²) in [4.78, 5) is 0. The van der Waals surface area contributed by atoms with Crippen molar-refractivity contribution in [3.8, 4) is 0 Å². The second-order valence-corrected chi connectivity index (χ2v) is 4.66. The van der Waals surface area contributed by atoms with Crippen LogP contribution in [0.2, 0.25) is 0 Å². The quantitative estimate of drug-likeness (QED) is 0.704. The SMILES string of the molecule is CC(C)C(C)NC1CCCCC1O. The molecule has 0 spiro atoms. The van der Waals surface area contributed by atoms with Gasteiger partial charge in [-0.1, -0.05) is 26.7 Å². The highest BCUT2D eigenvalue weighted by atomic mass is 16.3. The molecule has 0 aliphatic heterocycles. The van der Waals surface area contributed by atoms with Crippen molar-refractivity contribution < 1.29 is 5.11 Å². The highest BCUT2D eigenvalue weighted by Gasteiger charge is 2.24. The van der Waals surface area contributed by atoms with Crippen LogP contribution >= 0.6 is 0 Å². The van der Waals surface area contributed by atoms with Crippen LogP contribution in [0.3, 0.4) is 0 Å². The molecular formula is C11H23NO. The van der Waals surface area contributed by atoms with Crippen LogP contribution in [0.5, 0.6) is 0 Å². The van der Waals surface area contributed by atoms with E-state index < -0.39 is 0 Å². The average molecular weight is 185 g/mol. The molecule has 2 N–H and O–H groups in total. The van der Waals surface area contributed by atoms with Gasteiger partial charge in [-0.05, 0) is 25.7 Å². The van der Waals surface area contributed by atoms with E-state index in [0.29, 0.717) is 18.0 Å². The molecule has 0 bridgehead atoms. The van der Waals surface area contributed by atoms with Crippen molar-refractivity contribution in [3.63, 3.8) is 0 Å². The molecule has 0 aromatic heterocycles. The lowest BCUT2D eigenvalue weighted by molar-refractivity contribution is 0.0826. The first-order valence-corrected chi connectivity index (χ1v) is 5.55. The summed E-state index contributed by atoms with van der Waals surface area (Å²) >= 11 is 0. The molecular weight excluding hydrogens is 162 g/mol. The van der Waals surface area contributed by atoms with Gasteiger partial charge in [0.15, 0.2) is 0 Å². The monoisotopic (exact) mass is 185 g/mol. The van der Waals surface area contributed by atoms with Gasteiger partial charge in [0.1, 0.15) is 0 Å². The lowest BCUT2D eigenvalue weighted by atomic mass is 9.91. The predicted octanol–water partition coefficient (Wildman–Crippen LogP) is 1.92. The minimum absolute atomic E-state index is 0.116. The Balaban J connectivity index is 2.33. The highest BCUT2D eigenvalue weighted by molar-refractivity contribution is 4.83. The van der Waals surface area contributed by atoms with Crippen molar-refractivity contribution >= 4 is 0 Å². The number of rotatable bonds is 3. The predicted molar refractivity (Wildman–Crippen MR) is 55.7 cm³/mol. The second-order valence-electron chi connectivity index (χ2n) is 4.66. The fourth-order valence-electron chi connectivity index (χ4n) is 1.84. The third-order valence-corrected chi connectivity index (χ3v) is 3.21. The van der Waals surface area contributed by atoms with Crippen molar-refractivity contribution in [1.29, 1.82) is 0 Å². The van der Waals surface area contributed by atoms with Crippen LogP contribution < -0.4 is 5.32 Å². The van der Waals surface area contributed by atoms with Crippen molar-refractivity contribution in [2.24, 2.45) is 5.92 Å². The first-order valence-electron chi connectivity index (χ1n) is 5.55. The fourth-order valence-corrected chi connectivity index (χ4v) is 1.84. The Labute approximate surface area is 81.7 Å². The van der Waals surface area contributed by atoms with Crippen molar-refractivity contribution in [3.05, 3.63) is 0 Å². The fraction of sp³-hybridized carbons (Fsp3) is 1.00. The second kappa shape index (κ2) is 4.97. The molecule has 1 saturated carbocycles. The molecule has 0 aromatic carbocycles. The van der Waals surface area contributed by atoms with Gasteiger partial charge in [0.05, 0.1) is 6.10 Å². The molecule has 0 radical (unpaired) electrons. The summed E-state index contributed by atoms with van der Waals surface area (Å²) < 4.78 is 0. The molecule has 0 heterocycles. The topological polar surface area (TPSA) is 32.3 Å². The molecule has 1 aliphatic carbocycles. The zero-order chi connectivity index (χ0) is 9.84. The standard InChI is InChI=1S/C11H23NO/c1-8(2)9(3)12-10-6-4-5-7-11(10)13/h8-13H,4-7H2,1-3H3. The first kappa shape index (κ1) is 11.0. The average Bonchev–Trinajstić information content (AvgIpc) is 2.08. The molecule has 0 amide bonds. The van der Waals surface area contributed by atoms with Crippen molar-refractivity contribution in [1.82, 2.24) is 5.32 Å². The maximum Gasteiger partial charge on any atom is 0.0693 e. The molecule has 1 aliphatic rings. The van der Waals surface area contributed by atoms with Gasteiger partial charge in [0.2, 0.25) is 0 Å². The Kier molecular flexibility index (Phi) is 4.20. The molecule has 3 atom stereocenters. The lowest BCUT2D eigenvalue weighted by Gasteiger charge is -2.32. The van der Waals surface area contributed by atoms with E-state index in [1.165, 1.54) is 12.8 Å². The van der Waals surface area contributed by atoms with E-state index in [1.807, 2.05) is 0 Å². The Morgan fingerprint density at radius 3 is 2.31 bits per heavy atom. The minimum Gasteiger partial charge on any atom is -0.392 e. The van der Waals surface area contributed by atoms with Crippen molar-refractivity contribution in [2.45, 2.75) is 64.6 Å². The molecule has 78 valence electrons. The van der Waals surface area contributed by atoms with Gasteiger partial charge in [-0.3, -0.25) is 0 Å². The Bertz CT molecular complexity index is 147. The highest BCUT2D eigenvalue weighted by Crippen LogP contribution is 2.19. The number of aliphatic hydroxyl groups is 1. The maximum absolute atomic E-state index is 9.74. The van der Waals surface area contributed by atoms with Crippen molar-refractivity contribution in [2.75, 3.05) is 0 Å². The van der Waals surface area contributed by atoms with E-state index >= 15 is 0 Å². The normalized spacial score (nSPS) is 32.1. The molecule has 0 aromatic rings. The molecule has 13 heavy (non-hydrogen) atoms. The Hall–Kier alpha value is -0.0800. The Morgan fingerprint density at radius 2 is 1.77 bits per heavy atom. The van der Waals surface area contributed by atoms with E-state index in [9.17, 15) is 5.11 Å². The molecule has 0 saturated heterocycles. The van der Waals surface area contributed by atoms with Crippen LogP contribution in [-0.2, 0) is 0 Å². The van der Waals surface area contributed by atoms with Crippen LogP contribution in [-0.4, -0.2) is 23.3 Å². The van der Waals surface area contributed by atoms with E-state index in [4.69, 9.17) is 0 Å². The van der Waals surface area contributed by atoms with Gasteiger partial charge in [0.25, 0.3) is 0 Å². The van der Waals surface area contributed by atoms with Crippen LogP contribution in [0.4, 0.5) is 0 Å². The van der Waals surface area contributed by atoms with E-state index in [-0.39, 0.29) is 6.10 Å². The van der Waals surface area contributed by atoms with Crippen LogP contribution in [0.15, 0.2) is 0 Å². The minimum atomic E-state index is -0.116. The largest absolute Gasteiger partial charge is 0.392 e. The van der Waals surface area contributed by atoms with Crippen LogP contribution in [0.25, 0.3) is 0 Å². The number of nitrogens with one attached hydrogen (secondary N) is 1. The van der Waals surface area contributed by atoms with Gasteiger partial charge in [-0.15, -0.1) is 0 Å². The molecule has 2 nitrogen and oxygen atoms in total. The van der Waals surface area contributed by atoms with Crippen LogP contribution in [0, 0.1) is 5.92 Å². The van der Waals surface area contributed by atoms with Gasteiger partial charge in [-0.25, -0.2) is 0 Å². The van der Waals surface area contributed by atoms with Gasteiger partial charge >= 0.3 is 0 Å². The van der Waals surface area contributed by atoms with E-state index in [1.54, 1.807) is 0 Å². The summed E-state index contributed by atoms with van der Waals surface area (Å²) in [6, 6.07) is 0.851. The summed E-state index contributed by atoms with van der Waals surface area (Å²) in [5.74, 6) is 0.647. The number of hydrogen-bond acceptors (Lipinski definition) is 2. The van der Waals surface area contributed by atoms with Crippen LogP contribution in [0.1, 0.15) is 46.5 Å². The lowest BCUT2D eigenvalue weighted by Crippen LogP contribution is -2.47. The molecule has 3 unspecified atom stereocenters. The molecule has 2 heteroatoms. The third-order valence-electron chi connectivity index (χ3n) is 3.21. The first-order chi connectivity index (χ1) is 6.11. The van der Waals surface area contributed by atoms with Gasteiger partial charge in [0, 0.05) is 12.1 Å². The van der Waals surface area contributed by atoms with Gasteiger partial charge in [-0.2, -0.15) is 0 Å². The number of hydrogen-bond donors (Lipinski definition) is 2. The molecule has 1 fully saturated rings. The summed E-state index contributed by atoms with van der Waals surface area (Å²) in [7, 11) is 0. The maximum atomic E-state index is 9.74.